The minimum atomic E-state index is -4.48. The topological polar surface area (TPSA) is 56.0 Å². The van der Waals surface area contributed by atoms with Gasteiger partial charge in [0.05, 0.1) is 16.3 Å². The fourth-order valence-corrected chi connectivity index (χ4v) is 1.76. The summed E-state index contributed by atoms with van der Waals surface area (Å²) < 4.78 is 36.7. The van der Waals surface area contributed by atoms with E-state index >= 15 is 0 Å². The molecule has 1 aromatic rings. The summed E-state index contributed by atoms with van der Waals surface area (Å²) in [7, 11) is 0. The molecule has 0 aliphatic carbocycles. The van der Waals surface area contributed by atoms with Crippen LogP contribution >= 0.6 is 23.4 Å². The van der Waals surface area contributed by atoms with Gasteiger partial charge in [-0.25, -0.2) is 4.98 Å². The molecule has 0 aliphatic rings. The Morgan fingerprint density at radius 3 is 2.62 bits per heavy atom. The number of pyridine rings is 1. The summed E-state index contributed by atoms with van der Waals surface area (Å²) in [6, 6.07) is 0.762. The molecule has 88 valence electrons. The van der Waals surface area contributed by atoms with Crippen LogP contribution in [0.1, 0.15) is 5.56 Å². The molecule has 8 heteroatoms. The van der Waals surface area contributed by atoms with Crippen molar-refractivity contribution in [1.82, 2.24) is 4.98 Å². The first-order valence-electron chi connectivity index (χ1n) is 3.94. The number of carbonyl (C=O) groups excluding carboxylic acids is 1. The van der Waals surface area contributed by atoms with E-state index in [0.29, 0.717) is 6.20 Å². The minimum Gasteiger partial charge on any atom is -0.369 e. The fourth-order valence-electron chi connectivity index (χ4n) is 0.826. The van der Waals surface area contributed by atoms with Crippen LogP contribution in [0, 0.1) is 0 Å². The first-order chi connectivity index (χ1) is 7.30. The highest BCUT2D eigenvalue weighted by Crippen LogP contribution is 2.33. The molecule has 0 unspecified atom stereocenters. The van der Waals surface area contributed by atoms with Crippen LogP contribution in [-0.4, -0.2) is 16.6 Å². The summed E-state index contributed by atoms with van der Waals surface area (Å²) in [4.78, 5) is 14.0. The predicted molar refractivity (Wildman–Crippen MR) is 54.2 cm³/mol. The third-order valence-corrected chi connectivity index (χ3v) is 2.91. The molecule has 1 rings (SSSR count). The number of aromatic nitrogens is 1. The Kier molecular flexibility index (Phi) is 4.03. The summed E-state index contributed by atoms with van der Waals surface area (Å²) in [6.07, 6.45) is -3.82. The molecule has 0 atom stereocenters. The Morgan fingerprint density at radius 2 is 2.19 bits per heavy atom. The molecule has 16 heavy (non-hydrogen) atoms. The van der Waals surface area contributed by atoms with Crippen molar-refractivity contribution in [2.45, 2.75) is 11.2 Å². The zero-order valence-corrected chi connectivity index (χ0v) is 9.29. The molecule has 0 radical (unpaired) electrons. The average Bonchev–Trinajstić information content (AvgIpc) is 2.14. The second kappa shape index (κ2) is 4.92. The van der Waals surface area contributed by atoms with Crippen molar-refractivity contribution in [1.29, 1.82) is 0 Å². The van der Waals surface area contributed by atoms with Gasteiger partial charge in [0, 0.05) is 6.20 Å². The van der Waals surface area contributed by atoms with Gasteiger partial charge in [-0.05, 0) is 6.07 Å². The van der Waals surface area contributed by atoms with Crippen LogP contribution in [0.3, 0.4) is 0 Å². The predicted octanol–water partition coefficient (Wildman–Crippen LogP) is 2.33. The van der Waals surface area contributed by atoms with Crippen LogP contribution in [0.25, 0.3) is 0 Å². The molecule has 0 spiro atoms. The smallest absolute Gasteiger partial charge is 0.369 e. The van der Waals surface area contributed by atoms with Gasteiger partial charge in [-0.2, -0.15) is 13.2 Å². The number of thioether (sulfide) groups is 1. The molecule has 1 heterocycles. The average molecular weight is 271 g/mol. The summed E-state index contributed by atoms with van der Waals surface area (Å²) >= 11 is 6.47. The van der Waals surface area contributed by atoms with E-state index in [2.05, 4.69) is 4.98 Å². The maximum atomic E-state index is 12.2. The number of nitrogens with two attached hydrogens (primary N) is 1. The normalized spacial score (nSPS) is 11.5. The summed E-state index contributed by atoms with van der Waals surface area (Å²) in [5.74, 6) is -0.680. The van der Waals surface area contributed by atoms with Gasteiger partial charge in [0.25, 0.3) is 0 Å². The van der Waals surface area contributed by atoms with Crippen molar-refractivity contribution in [2.24, 2.45) is 5.73 Å². The Morgan fingerprint density at radius 1 is 1.56 bits per heavy atom. The largest absolute Gasteiger partial charge is 0.417 e. The van der Waals surface area contributed by atoms with Crippen LogP contribution in [0.2, 0.25) is 5.02 Å². The maximum Gasteiger partial charge on any atom is 0.417 e. The fraction of sp³-hybridized carbons (Fsp3) is 0.250. The molecular weight excluding hydrogens is 265 g/mol. The highest BCUT2D eigenvalue weighted by atomic mass is 35.5. The molecule has 0 aliphatic heterocycles. The number of nitrogens with zero attached hydrogens (tertiary/aromatic N) is 1. The standard InChI is InChI=1S/C8H6ClF3N2OS/c9-5-1-4(8(10,11)12)2-14-7(5)16-3-6(13)15/h1-2H,3H2,(H2,13,15). The Balaban J connectivity index is 2.88. The van der Waals surface area contributed by atoms with Crippen molar-refractivity contribution in [3.63, 3.8) is 0 Å². The third-order valence-electron chi connectivity index (χ3n) is 1.49. The van der Waals surface area contributed by atoms with Gasteiger partial charge >= 0.3 is 6.18 Å². The van der Waals surface area contributed by atoms with E-state index in [1.807, 2.05) is 0 Å². The Bertz CT molecular complexity index is 411. The van der Waals surface area contributed by atoms with E-state index in [1.54, 1.807) is 0 Å². The van der Waals surface area contributed by atoms with E-state index < -0.39 is 17.6 Å². The molecule has 0 bridgehead atoms. The Hall–Kier alpha value is -0.950. The summed E-state index contributed by atoms with van der Waals surface area (Å²) in [5, 5.41) is -0.00505. The summed E-state index contributed by atoms with van der Waals surface area (Å²) in [5.41, 5.74) is 3.95. The Labute approximate surface area is 98.2 Å². The van der Waals surface area contributed by atoms with E-state index in [4.69, 9.17) is 17.3 Å². The molecule has 1 aromatic heterocycles. The summed E-state index contributed by atoms with van der Waals surface area (Å²) in [6.45, 7) is 0. The molecule has 0 saturated heterocycles. The number of carbonyl (C=O) groups is 1. The van der Waals surface area contributed by atoms with Crippen molar-refractivity contribution < 1.29 is 18.0 Å². The minimum absolute atomic E-state index is 0.0852. The first-order valence-corrected chi connectivity index (χ1v) is 5.31. The second-order valence-corrected chi connectivity index (χ2v) is 4.13. The molecule has 0 fully saturated rings. The zero-order valence-electron chi connectivity index (χ0n) is 7.71. The van der Waals surface area contributed by atoms with Crippen molar-refractivity contribution >= 4 is 29.3 Å². The van der Waals surface area contributed by atoms with Crippen LogP contribution < -0.4 is 5.73 Å². The number of primary amides is 1. The van der Waals surface area contributed by atoms with Crippen LogP contribution in [0.15, 0.2) is 17.3 Å². The SMILES string of the molecule is NC(=O)CSc1ncc(C(F)(F)F)cc1Cl. The van der Waals surface area contributed by atoms with Crippen molar-refractivity contribution in [3.05, 3.63) is 22.8 Å². The number of halogens is 4. The second-order valence-electron chi connectivity index (χ2n) is 2.76. The van der Waals surface area contributed by atoms with E-state index in [9.17, 15) is 18.0 Å². The van der Waals surface area contributed by atoms with Gasteiger partial charge in [0.2, 0.25) is 5.91 Å². The number of hydrogen-bond donors (Lipinski definition) is 1. The lowest BCUT2D eigenvalue weighted by molar-refractivity contribution is -0.137. The highest BCUT2D eigenvalue weighted by molar-refractivity contribution is 8.00. The third kappa shape index (κ3) is 3.57. The van der Waals surface area contributed by atoms with E-state index in [0.717, 1.165) is 17.8 Å². The van der Waals surface area contributed by atoms with Crippen LogP contribution in [0.4, 0.5) is 13.2 Å². The quantitative estimate of drug-likeness (QED) is 0.858. The van der Waals surface area contributed by atoms with Gasteiger partial charge in [0.1, 0.15) is 5.03 Å². The van der Waals surface area contributed by atoms with Gasteiger partial charge in [-0.1, -0.05) is 23.4 Å². The lowest BCUT2D eigenvalue weighted by Gasteiger charge is -2.08. The number of hydrogen-bond acceptors (Lipinski definition) is 3. The van der Waals surface area contributed by atoms with Crippen molar-refractivity contribution in [3.8, 4) is 0 Å². The van der Waals surface area contributed by atoms with E-state index in [-0.39, 0.29) is 15.8 Å². The molecule has 0 saturated carbocycles. The maximum absolute atomic E-state index is 12.2. The van der Waals surface area contributed by atoms with Gasteiger partial charge < -0.3 is 5.73 Å². The lowest BCUT2D eigenvalue weighted by Crippen LogP contribution is -2.13. The number of alkyl halides is 3. The zero-order chi connectivity index (χ0) is 12.3. The van der Waals surface area contributed by atoms with Crippen molar-refractivity contribution in [2.75, 3.05) is 5.75 Å². The first kappa shape index (κ1) is 13.1. The number of amides is 1. The number of rotatable bonds is 3. The van der Waals surface area contributed by atoms with Gasteiger partial charge in [-0.15, -0.1) is 0 Å². The molecule has 2 N–H and O–H groups in total. The molecule has 3 nitrogen and oxygen atoms in total. The molecule has 1 amide bonds. The molecule has 0 aromatic carbocycles. The van der Waals surface area contributed by atoms with Gasteiger partial charge in [-0.3, -0.25) is 4.79 Å². The van der Waals surface area contributed by atoms with Crippen LogP contribution in [0.5, 0.6) is 0 Å². The van der Waals surface area contributed by atoms with E-state index in [1.165, 1.54) is 0 Å². The van der Waals surface area contributed by atoms with Gasteiger partial charge in [0.15, 0.2) is 0 Å². The monoisotopic (exact) mass is 270 g/mol. The lowest BCUT2D eigenvalue weighted by atomic mass is 10.3. The highest BCUT2D eigenvalue weighted by Gasteiger charge is 2.31. The molecular formula is C8H6ClF3N2OS. The van der Waals surface area contributed by atoms with Crippen LogP contribution in [-0.2, 0) is 11.0 Å².